The molecule has 5 atom stereocenters. The number of alkyl halides is 3. The van der Waals surface area contributed by atoms with Gasteiger partial charge in [0.15, 0.2) is 57.5 Å². The number of anilines is 14. The number of Topliss-reactive ketones (excluding diaryl/α,β-unsaturated/α-hetero) is 1. The zero-order chi connectivity index (χ0) is 96.8. The molecule has 42 nitrogen and oxygen atoms in total. The van der Waals surface area contributed by atoms with E-state index in [-0.39, 0.29) is 138 Å². The van der Waals surface area contributed by atoms with Gasteiger partial charge in [0.1, 0.15) is 44.3 Å². The second-order valence-corrected chi connectivity index (χ2v) is 31.0. The molecule has 134 heavy (non-hydrogen) atoms. The molecule has 0 aromatic carbocycles. The van der Waals surface area contributed by atoms with Crippen LogP contribution in [0.1, 0.15) is 144 Å². The van der Waals surface area contributed by atoms with Crippen LogP contribution in [0.3, 0.4) is 0 Å². The number of nitrogens with two attached hydrogens (primary N) is 7. The quantitative estimate of drug-likeness (QED) is 0.0101. The Morgan fingerprint density at radius 2 is 0.799 bits per heavy atom. The Labute approximate surface area is 777 Å². The predicted molar refractivity (Wildman–Crippen MR) is 515 cm³/mol. The molecule has 716 valence electrons. The highest BCUT2D eigenvalue weighted by atomic mass is 35.5. The molecule has 15 heterocycles. The van der Waals surface area contributed by atoms with E-state index in [0.29, 0.717) is 103 Å². The van der Waals surface area contributed by atoms with Crippen molar-refractivity contribution < 1.29 is 52.6 Å². The highest BCUT2D eigenvalue weighted by Gasteiger charge is 2.33. The summed E-state index contributed by atoms with van der Waals surface area (Å²) in [6.07, 6.45) is 17.7. The molecule has 0 aliphatic carbocycles. The molecule has 26 N–H and O–H groups in total. The normalized spacial score (nSPS) is 13.1. The number of nitrogen functional groups attached to an aromatic ring is 7. The van der Waals surface area contributed by atoms with E-state index in [1.807, 2.05) is 52.0 Å². The van der Waals surface area contributed by atoms with Crippen LogP contribution in [0, 0.1) is 5.82 Å². The van der Waals surface area contributed by atoms with Crippen molar-refractivity contribution in [3.63, 3.8) is 0 Å². The number of ether oxygens (including phenoxy) is 1. The van der Waals surface area contributed by atoms with Gasteiger partial charge < -0.3 is 108 Å². The van der Waals surface area contributed by atoms with E-state index < -0.39 is 23.7 Å². The van der Waals surface area contributed by atoms with Gasteiger partial charge in [-0.15, -0.1) is 0 Å². The van der Waals surface area contributed by atoms with E-state index in [1.165, 1.54) is 12.3 Å². The Balaban J connectivity index is 0.000000176. The lowest BCUT2D eigenvalue weighted by atomic mass is 10.1. The average Bonchev–Trinajstić information content (AvgIpc) is 0.949. The number of aliphatic hydroxyl groups is 5. The second-order valence-electron chi connectivity index (χ2n) is 30.2. The van der Waals surface area contributed by atoms with Crippen molar-refractivity contribution in [3.05, 3.63) is 125 Å². The molecule has 48 heteroatoms. The first-order chi connectivity index (χ1) is 64.6. The number of hydrogen-bond acceptors (Lipinski definition) is 42. The van der Waals surface area contributed by atoms with Gasteiger partial charge in [0.2, 0.25) is 41.6 Å². The Hall–Kier alpha value is -13.6. The summed E-state index contributed by atoms with van der Waals surface area (Å²) in [5.74, 6) is 3.65. The molecule has 1 saturated heterocycles. The highest BCUT2D eigenvalue weighted by Crippen LogP contribution is 2.33. The minimum Gasteiger partial charge on any atom is -0.394 e. The lowest BCUT2D eigenvalue weighted by Crippen LogP contribution is -2.29. The lowest BCUT2D eigenvalue weighted by Gasteiger charge is -2.17. The topological polar surface area (TPSA) is 664 Å². The Morgan fingerprint density at radius 3 is 1.21 bits per heavy atom. The van der Waals surface area contributed by atoms with Gasteiger partial charge in [0.05, 0.1) is 113 Å². The number of fused-ring (bicyclic) bond motifs is 7. The van der Waals surface area contributed by atoms with Crippen molar-refractivity contribution in [3.8, 4) is 0 Å². The maximum Gasteiger partial charge on any atom is 0.433 e. The molecular weight excluding hydrogens is 1780 g/mol. The van der Waals surface area contributed by atoms with Crippen molar-refractivity contribution in [2.24, 2.45) is 0 Å². The molecule has 14 aromatic rings. The SMILES string of the molecule is CCCCNc1nc(N)nc2ccc(C(F)(F)F)nc12.CCCC[C@H](CO)Nc1nc(N)nc2cc(Cl)cnc12.CCCC[C@H](CO)Nc1nc(N)nc2cccnc12.CCC[C@@H](CO)Nc1nc(N)nc2cc(F)c(Cl)nc12.CCC[C@H](Nc1nc(N)nc2cccnc12)C(=O)CC.Nc1nc(NC(CO)CO)c2ncccc2n1.Nc1nc(NCC2CCCO2)c2ncccc2n1. The number of unbranched alkanes of at least 4 members (excludes halogenated alkanes) is 3. The van der Waals surface area contributed by atoms with Gasteiger partial charge in [-0.1, -0.05) is 110 Å². The largest absolute Gasteiger partial charge is 0.433 e. The van der Waals surface area contributed by atoms with Gasteiger partial charge in [-0.05, 0) is 112 Å². The molecule has 0 saturated carbocycles. The van der Waals surface area contributed by atoms with E-state index in [4.69, 9.17) is 78.3 Å². The van der Waals surface area contributed by atoms with Gasteiger partial charge in [0.25, 0.3) is 0 Å². The van der Waals surface area contributed by atoms with Crippen LogP contribution >= 0.6 is 23.2 Å². The van der Waals surface area contributed by atoms with Gasteiger partial charge in [0, 0.05) is 63.2 Å². The molecule has 14 aromatic heterocycles. The number of halogens is 6. The van der Waals surface area contributed by atoms with Gasteiger partial charge >= 0.3 is 6.18 Å². The van der Waals surface area contributed by atoms with E-state index in [0.717, 1.165) is 126 Å². The minimum absolute atomic E-state index is 0.00180. The Morgan fingerprint density at radius 1 is 0.425 bits per heavy atom. The summed E-state index contributed by atoms with van der Waals surface area (Å²) in [7, 11) is 0. The Bertz CT molecular complexity index is 6110. The Kier molecular flexibility index (Phi) is 40.8. The highest BCUT2D eigenvalue weighted by molar-refractivity contribution is 6.31. The fourth-order valence-electron chi connectivity index (χ4n) is 13.1. The van der Waals surface area contributed by atoms with Crippen LogP contribution < -0.4 is 77.4 Å². The predicted octanol–water partition coefficient (Wildman–Crippen LogP) is 11.3. The number of pyridine rings is 7. The number of nitrogens with one attached hydrogen (secondary N) is 7. The molecule has 1 aliphatic rings. The smallest absolute Gasteiger partial charge is 0.394 e. The summed E-state index contributed by atoms with van der Waals surface area (Å²) >= 11 is 11.6. The van der Waals surface area contributed by atoms with Crippen LogP contribution in [-0.2, 0) is 15.7 Å². The molecule has 1 unspecified atom stereocenters. The van der Waals surface area contributed by atoms with Gasteiger partial charge in [-0.25, -0.2) is 54.2 Å². The third-order valence-corrected chi connectivity index (χ3v) is 20.2. The molecule has 0 bridgehead atoms. The van der Waals surface area contributed by atoms with Crippen molar-refractivity contribution in [2.75, 3.05) is 130 Å². The third-order valence-electron chi connectivity index (χ3n) is 19.7. The maximum absolute atomic E-state index is 13.4. The van der Waals surface area contributed by atoms with Gasteiger partial charge in [-0.3, -0.25) is 24.7 Å². The van der Waals surface area contributed by atoms with Crippen molar-refractivity contribution in [2.45, 2.75) is 180 Å². The lowest BCUT2D eigenvalue weighted by molar-refractivity contribution is -0.141. The number of aromatic nitrogens is 21. The van der Waals surface area contributed by atoms with E-state index in [9.17, 15) is 37.7 Å². The maximum atomic E-state index is 13.4. The summed E-state index contributed by atoms with van der Waals surface area (Å²) in [5.41, 5.74) is 45.9. The standard InChI is InChI=1S/C14H19N5O.C13H18ClN5O.C13H19N5O.C12H15ClFN5O.C12H14F3N5.C12H15N5O.C10H13N5O2/c1-3-6-9(11(20)4-2)17-13-12-10(7-5-8-16-12)18-14(15)19-13;1-2-3-4-9(7-20)17-12-11-10(18-13(15)19-12)5-8(14)6-16-11;1-2-3-5-9(8-19)16-12-11-10(6-4-7-15-11)17-13(14)18-12;1-2-3-6(5-20)16-11-9-8(17-12(15)19-11)4-7(14)10(13)18-9;1-2-3-6-17-10-9-7(18-11(16)20-10)4-5-8(19-9)12(13,14)15;13-12-16-9-4-1-5-14-10(9)11(17-12)15-7-8-3-2-6-18-8;11-10-14-7-2-1-3-12-8(7)9(15-10)13-6(4-16)5-17/h5,7-9H,3-4,6H2,1-2H3,(H3,15,17,18,19);5-6,9,20H,2-4,7H2,1H3,(H3,15,17,18,19);4,6-7,9,19H,2-3,5,8H2,1H3,(H3,14,16,17,18);4,6,20H,2-3,5H2,1H3,(H3,15,16,17,19);4-5H,2-3,6H2,1H3,(H3,16,17,18,20);1,4-5,8H,2-3,6-7H2,(H3,13,15,16,17);1-3,6,16-17H,4-5H2,(H3,11,13,14,15)/t3*9-;6-;;;/m0110.../s1. The van der Waals surface area contributed by atoms with Crippen LogP contribution in [0.5, 0.6) is 0 Å². The number of rotatable bonds is 34. The summed E-state index contributed by atoms with van der Waals surface area (Å²) in [6, 6.07) is 18.4. The summed E-state index contributed by atoms with van der Waals surface area (Å²) in [5, 5.41) is 68.0. The van der Waals surface area contributed by atoms with Crippen molar-refractivity contribution in [1.82, 2.24) is 105 Å². The summed E-state index contributed by atoms with van der Waals surface area (Å²) in [4.78, 5) is 97.7. The van der Waals surface area contributed by atoms with Crippen LogP contribution in [0.2, 0.25) is 10.2 Å². The molecule has 1 aliphatic heterocycles. The van der Waals surface area contributed by atoms with E-state index >= 15 is 0 Å². The summed E-state index contributed by atoms with van der Waals surface area (Å²) in [6.45, 7) is 13.9. The third kappa shape index (κ3) is 31.0. The van der Waals surface area contributed by atoms with E-state index in [2.05, 4.69) is 156 Å². The second kappa shape index (κ2) is 52.6. The monoisotopic (exact) mass is 1890 g/mol. The molecule has 15 rings (SSSR count). The van der Waals surface area contributed by atoms with Gasteiger partial charge in [-0.2, -0.15) is 48.1 Å². The van der Waals surface area contributed by atoms with Crippen LogP contribution in [-0.4, -0.2) is 225 Å². The fourth-order valence-corrected chi connectivity index (χ4v) is 13.4. The molecule has 0 amide bonds. The van der Waals surface area contributed by atoms with Crippen LogP contribution in [0.4, 0.5) is 99.9 Å². The molecule has 0 radical (unpaired) electrons. The number of carbonyl (C=O) groups is 1. The van der Waals surface area contributed by atoms with Crippen LogP contribution in [0.15, 0.2) is 104 Å². The number of carbonyl (C=O) groups excluding carboxylic acids is 1. The van der Waals surface area contributed by atoms with Crippen LogP contribution in [0.25, 0.3) is 77.2 Å². The molecule has 1 fully saturated rings. The first-order valence-corrected chi connectivity index (χ1v) is 44.2. The minimum atomic E-state index is -4.50. The fraction of sp³-hybridized carbons (Fsp3) is 0.419. The summed E-state index contributed by atoms with van der Waals surface area (Å²) < 4.78 is 57.0. The number of nitrogens with zero attached hydrogens (tertiary/aromatic N) is 21. The molecular formula is C86H113Cl2F4N35O7. The van der Waals surface area contributed by atoms with Crippen molar-refractivity contribution >= 4 is 189 Å². The zero-order valence-corrected chi connectivity index (χ0v) is 76.3. The number of aliphatic hydroxyl groups excluding tert-OH is 5. The zero-order valence-electron chi connectivity index (χ0n) is 74.8. The van der Waals surface area contributed by atoms with Crippen molar-refractivity contribution in [1.29, 1.82) is 0 Å². The molecule has 0 spiro atoms. The number of hydrogen-bond donors (Lipinski definition) is 19. The first kappa shape index (κ1) is 104. The average molecular weight is 1900 g/mol. The van der Waals surface area contributed by atoms with E-state index in [1.54, 1.807) is 55.1 Å². The number of ketones is 1. The first-order valence-electron chi connectivity index (χ1n) is 43.5.